The highest BCUT2D eigenvalue weighted by Gasteiger charge is 2.19. The van der Waals surface area contributed by atoms with Gasteiger partial charge in [-0.2, -0.15) is 0 Å². The quantitative estimate of drug-likeness (QED) is 0.845. The molecule has 1 N–H and O–H groups in total. The van der Waals surface area contributed by atoms with Crippen LogP contribution in [-0.2, 0) is 7.05 Å². The average Bonchev–Trinajstić information content (AvgIpc) is 2.99. The van der Waals surface area contributed by atoms with E-state index in [1.807, 2.05) is 48.8 Å². The largest absolute Gasteiger partial charge is 0.373 e. The minimum atomic E-state index is 0.0659. The Morgan fingerprint density at radius 1 is 1.46 bits per heavy atom. The van der Waals surface area contributed by atoms with Crippen LogP contribution in [0.1, 0.15) is 36.3 Å². The summed E-state index contributed by atoms with van der Waals surface area (Å²) in [6.07, 6.45) is 6.48. The highest BCUT2D eigenvalue weighted by atomic mass is 16.2. The van der Waals surface area contributed by atoms with Crippen molar-refractivity contribution in [2.24, 2.45) is 7.05 Å². The Morgan fingerprint density at radius 3 is 2.79 bits per heavy atom. The summed E-state index contributed by atoms with van der Waals surface area (Å²) in [6, 6.07) is 3.90. The third-order valence-corrected chi connectivity index (χ3v) is 4.13. The van der Waals surface area contributed by atoms with Gasteiger partial charge in [0.05, 0.1) is 0 Å². The van der Waals surface area contributed by atoms with E-state index in [9.17, 15) is 4.79 Å². The van der Waals surface area contributed by atoms with Crippen molar-refractivity contribution in [3.63, 3.8) is 0 Å². The minimum Gasteiger partial charge on any atom is -0.373 e. The van der Waals surface area contributed by atoms with Gasteiger partial charge in [0.15, 0.2) is 0 Å². The van der Waals surface area contributed by atoms with Gasteiger partial charge in [-0.05, 0) is 31.0 Å². The second kappa shape index (κ2) is 7.81. The van der Waals surface area contributed by atoms with Crippen molar-refractivity contribution in [1.82, 2.24) is 14.5 Å². The number of carbonyl (C=O) groups excluding carboxylic acids is 1. The van der Waals surface area contributed by atoms with E-state index in [0.29, 0.717) is 12.2 Å². The molecule has 0 bridgehead atoms. The normalized spacial score (nSPS) is 10.5. The molecule has 0 spiro atoms. The van der Waals surface area contributed by atoms with Crippen LogP contribution >= 0.6 is 0 Å². The predicted octanol–water partition coefficient (Wildman–Crippen LogP) is 3.64. The summed E-state index contributed by atoms with van der Waals surface area (Å²) in [5.41, 5.74) is 3.63. The van der Waals surface area contributed by atoms with Gasteiger partial charge in [0.1, 0.15) is 11.5 Å². The van der Waals surface area contributed by atoms with Crippen LogP contribution in [0.5, 0.6) is 0 Å². The first kappa shape index (κ1) is 17.8. The number of carbonyl (C=O) groups is 1. The zero-order valence-electron chi connectivity index (χ0n) is 15.0. The zero-order valence-corrected chi connectivity index (χ0v) is 15.0. The summed E-state index contributed by atoms with van der Waals surface area (Å²) in [5, 5.41) is 3.08. The van der Waals surface area contributed by atoms with Crippen molar-refractivity contribution >= 4 is 17.8 Å². The molecule has 5 nitrogen and oxygen atoms in total. The number of aryl methyl sites for hydroxylation is 1. The lowest BCUT2D eigenvalue weighted by atomic mass is 10.0. The van der Waals surface area contributed by atoms with Gasteiger partial charge in [-0.3, -0.25) is 4.79 Å². The van der Waals surface area contributed by atoms with Crippen LogP contribution in [0.15, 0.2) is 31.1 Å². The maximum Gasteiger partial charge on any atom is 0.270 e. The molecule has 2 rings (SSSR count). The van der Waals surface area contributed by atoms with Crippen LogP contribution in [0.4, 0.5) is 5.82 Å². The molecule has 5 heteroatoms. The average molecular weight is 326 g/mol. The van der Waals surface area contributed by atoms with Crippen molar-refractivity contribution in [3.8, 4) is 11.1 Å². The number of hydrogen-bond acceptors (Lipinski definition) is 3. The van der Waals surface area contributed by atoms with E-state index in [1.54, 1.807) is 12.3 Å². The molecule has 2 aromatic rings. The van der Waals surface area contributed by atoms with E-state index in [-0.39, 0.29) is 5.91 Å². The molecule has 0 aliphatic rings. The summed E-state index contributed by atoms with van der Waals surface area (Å²) in [6.45, 7) is 9.47. The van der Waals surface area contributed by atoms with Crippen LogP contribution < -0.4 is 5.32 Å². The molecule has 0 atom stereocenters. The summed E-state index contributed by atoms with van der Waals surface area (Å²) < 4.78 is 1.89. The van der Waals surface area contributed by atoms with Gasteiger partial charge in [-0.1, -0.05) is 19.6 Å². The van der Waals surface area contributed by atoms with Gasteiger partial charge in [-0.25, -0.2) is 4.98 Å². The van der Waals surface area contributed by atoms with Gasteiger partial charge >= 0.3 is 0 Å². The Morgan fingerprint density at radius 2 is 2.21 bits per heavy atom. The second-order valence-electron chi connectivity index (χ2n) is 5.68. The van der Waals surface area contributed by atoms with Crippen LogP contribution in [0.3, 0.4) is 0 Å². The van der Waals surface area contributed by atoms with Gasteiger partial charge < -0.3 is 14.8 Å². The van der Waals surface area contributed by atoms with Crippen LogP contribution in [0, 0.1) is 0 Å². The third-order valence-electron chi connectivity index (χ3n) is 4.13. The fourth-order valence-electron chi connectivity index (χ4n) is 2.89. The number of rotatable bonds is 7. The molecular weight excluding hydrogens is 300 g/mol. The maximum absolute atomic E-state index is 12.8. The van der Waals surface area contributed by atoms with Gasteiger partial charge in [0.25, 0.3) is 5.91 Å². The summed E-state index contributed by atoms with van der Waals surface area (Å²) >= 11 is 0. The van der Waals surface area contributed by atoms with Crippen molar-refractivity contribution in [2.75, 3.05) is 25.5 Å². The molecule has 0 radical (unpaired) electrons. The molecule has 24 heavy (non-hydrogen) atoms. The number of anilines is 1. The van der Waals surface area contributed by atoms with Crippen LogP contribution in [0.25, 0.3) is 17.2 Å². The summed E-state index contributed by atoms with van der Waals surface area (Å²) in [4.78, 5) is 19.0. The molecule has 1 amide bonds. The van der Waals surface area contributed by atoms with E-state index >= 15 is 0 Å². The van der Waals surface area contributed by atoms with Crippen molar-refractivity contribution < 1.29 is 4.79 Å². The van der Waals surface area contributed by atoms with Crippen molar-refractivity contribution in [3.05, 3.63) is 42.4 Å². The molecule has 0 unspecified atom stereocenters. The number of pyridine rings is 1. The molecular formula is C19H26N4O. The van der Waals surface area contributed by atoms with E-state index in [4.69, 9.17) is 0 Å². The van der Waals surface area contributed by atoms with Crippen LogP contribution in [-0.4, -0.2) is 40.5 Å². The van der Waals surface area contributed by atoms with E-state index < -0.39 is 0 Å². The van der Waals surface area contributed by atoms with Crippen molar-refractivity contribution in [1.29, 1.82) is 0 Å². The van der Waals surface area contributed by atoms with Gasteiger partial charge in [0, 0.05) is 50.7 Å². The monoisotopic (exact) mass is 326 g/mol. The number of hydrogen-bond donors (Lipinski definition) is 1. The number of nitrogens with one attached hydrogen (secondary N) is 1. The lowest BCUT2D eigenvalue weighted by Gasteiger charge is -2.20. The van der Waals surface area contributed by atoms with Crippen molar-refractivity contribution in [2.45, 2.75) is 20.3 Å². The minimum absolute atomic E-state index is 0.0659. The fraction of sp³-hybridized carbons (Fsp3) is 0.368. The number of aromatic nitrogens is 2. The lowest BCUT2D eigenvalue weighted by Crippen LogP contribution is -2.32. The number of nitrogens with zero attached hydrogens (tertiary/aromatic N) is 3. The maximum atomic E-state index is 12.8. The molecule has 0 aliphatic carbocycles. The molecule has 0 fully saturated rings. The third kappa shape index (κ3) is 3.35. The predicted molar refractivity (Wildman–Crippen MR) is 100 cm³/mol. The molecule has 0 saturated carbocycles. The van der Waals surface area contributed by atoms with Crippen LogP contribution in [0.2, 0.25) is 0 Å². The Hall–Kier alpha value is -2.56. The SMILES string of the molecule is C=Cc1c(-c2cc(C(=O)N(CC)CCC)n(C)c2)ccnc1NC. The van der Waals surface area contributed by atoms with E-state index in [1.165, 1.54) is 0 Å². The first-order valence-electron chi connectivity index (χ1n) is 8.32. The first-order chi connectivity index (χ1) is 11.6. The Bertz CT molecular complexity index is 733. The number of amides is 1. The molecule has 2 aromatic heterocycles. The van der Waals surface area contributed by atoms with Gasteiger partial charge in [-0.15, -0.1) is 0 Å². The highest BCUT2D eigenvalue weighted by Crippen LogP contribution is 2.30. The van der Waals surface area contributed by atoms with Gasteiger partial charge in [0.2, 0.25) is 0 Å². The lowest BCUT2D eigenvalue weighted by molar-refractivity contribution is 0.0755. The Kier molecular flexibility index (Phi) is 5.79. The smallest absolute Gasteiger partial charge is 0.270 e. The Labute approximate surface area is 144 Å². The first-order valence-corrected chi connectivity index (χ1v) is 8.32. The zero-order chi connectivity index (χ0) is 17.7. The Balaban J connectivity index is 2.46. The molecule has 0 aromatic carbocycles. The molecule has 0 saturated heterocycles. The standard InChI is InChI=1S/C19H26N4O/c1-6-11-23(8-3)19(24)17-12-14(13-22(17)5)16-9-10-21-18(20-4)15(16)7-2/h7,9-10,12-13H,2,6,8,11H2,1,3-5H3,(H,20,21). The topological polar surface area (TPSA) is 50.2 Å². The second-order valence-corrected chi connectivity index (χ2v) is 5.68. The highest BCUT2D eigenvalue weighted by molar-refractivity contribution is 5.95. The summed E-state index contributed by atoms with van der Waals surface area (Å²) in [5.74, 6) is 0.844. The van der Waals surface area contributed by atoms with E-state index in [2.05, 4.69) is 23.8 Å². The molecule has 2 heterocycles. The fourth-order valence-corrected chi connectivity index (χ4v) is 2.89. The van der Waals surface area contributed by atoms with E-state index in [0.717, 1.165) is 35.5 Å². The molecule has 128 valence electrons. The summed E-state index contributed by atoms with van der Waals surface area (Å²) in [7, 11) is 3.74. The molecule has 0 aliphatic heterocycles.